The van der Waals surface area contributed by atoms with E-state index in [0.717, 1.165) is 25.0 Å². The zero-order chi connectivity index (χ0) is 8.10. The summed E-state index contributed by atoms with van der Waals surface area (Å²) in [4.78, 5) is 0. The van der Waals surface area contributed by atoms with E-state index >= 15 is 0 Å². The van der Waals surface area contributed by atoms with Crippen molar-refractivity contribution in [3.05, 3.63) is 0 Å². The first kappa shape index (κ1) is 9.05. The van der Waals surface area contributed by atoms with E-state index in [9.17, 15) is 0 Å². The lowest BCUT2D eigenvalue weighted by Crippen LogP contribution is -2.17. The molecule has 1 aliphatic rings. The van der Waals surface area contributed by atoms with Crippen LogP contribution in [0.15, 0.2) is 0 Å². The maximum Gasteiger partial charge on any atom is 0.0494 e. The van der Waals surface area contributed by atoms with Gasteiger partial charge in [0.15, 0.2) is 0 Å². The Kier molecular flexibility index (Phi) is 3.92. The van der Waals surface area contributed by atoms with Gasteiger partial charge in [-0.2, -0.15) is 0 Å². The van der Waals surface area contributed by atoms with Crippen LogP contribution in [0.2, 0.25) is 0 Å². The van der Waals surface area contributed by atoms with Gasteiger partial charge in [-0.15, -0.1) is 0 Å². The molecule has 1 aliphatic heterocycles. The van der Waals surface area contributed by atoms with E-state index in [1.807, 2.05) is 0 Å². The maximum atomic E-state index is 5.41. The molecule has 0 amide bonds. The van der Waals surface area contributed by atoms with Crippen LogP contribution in [0, 0.1) is 11.8 Å². The molecule has 0 aromatic carbocycles. The molecule has 66 valence electrons. The van der Waals surface area contributed by atoms with Crippen molar-refractivity contribution >= 4 is 0 Å². The number of rotatable bonds is 3. The van der Waals surface area contributed by atoms with Crippen LogP contribution in [-0.2, 0) is 4.74 Å². The van der Waals surface area contributed by atoms with E-state index < -0.39 is 0 Å². The Morgan fingerprint density at radius 2 is 2.27 bits per heavy atom. The predicted molar refractivity (Wildman–Crippen MR) is 47.6 cm³/mol. The summed E-state index contributed by atoms with van der Waals surface area (Å²) < 4.78 is 5.41. The Hall–Kier alpha value is -0.0400. The van der Waals surface area contributed by atoms with E-state index in [1.165, 1.54) is 25.7 Å². The summed E-state index contributed by atoms with van der Waals surface area (Å²) in [5.74, 6) is 1.73. The Morgan fingerprint density at radius 1 is 1.45 bits per heavy atom. The smallest absolute Gasteiger partial charge is 0.0494 e. The molecule has 0 saturated carbocycles. The van der Waals surface area contributed by atoms with Crippen molar-refractivity contribution in [1.29, 1.82) is 0 Å². The highest BCUT2D eigenvalue weighted by molar-refractivity contribution is 4.63. The van der Waals surface area contributed by atoms with Crippen LogP contribution in [0.4, 0.5) is 0 Å². The molecule has 1 heterocycles. The standard InChI is InChI=1S/C10H20O/c1-9(2)5-6-10-4-3-7-11-8-10/h9-10H,3-8H2,1-2H3. The third-order valence-electron chi connectivity index (χ3n) is 2.41. The van der Waals surface area contributed by atoms with Crippen molar-refractivity contribution in [1.82, 2.24) is 0 Å². The lowest BCUT2D eigenvalue weighted by atomic mass is 9.93. The highest BCUT2D eigenvalue weighted by atomic mass is 16.5. The molecular weight excluding hydrogens is 136 g/mol. The summed E-state index contributed by atoms with van der Waals surface area (Å²) in [7, 11) is 0. The van der Waals surface area contributed by atoms with Crippen molar-refractivity contribution in [2.24, 2.45) is 11.8 Å². The van der Waals surface area contributed by atoms with Crippen LogP contribution < -0.4 is 0 Å². The van der Waals surface area contributed by atoms with Crippen molar-refractivity contribution in [3.63, 3.8) is 0 Å². The maximum absolute atomic E-state index is 5.41. The van der Waals surface area contributed by atoms with Gasteiger partial charge in [-0.25, -0.2) is 0 Å². The molecule has 0 aromatic rings. The highest BCUT2D eigenvalue weighted by Gasteiger charge is 2.13. The topological polar surface area (TPSA) is 9.23 Å². The van der Waals surface area contributed by atoms with Crippen LogP contribution in [0.3, 0.4) is 0 Å². The summed E-state index contributed by atoms with van der Waals surface area (Å²) in [6.07, 6.45) is 5.42. The minimum absolute atomic E-state index is 0.858. The fourth-order valence-electron chi connectivity index (χ4n) is 1.60. The van der Waals surface area contributed by atoms with Gasteiger partial charge in [0.1, 0.15) is 0 Å². The molecule has 0 aromatic heterocycles. The van der Waals surface area contributed by atoms with E-state index in [2.05, 4.69) is 13.8 Å². The Bertz CT molecular complexity index is 93.0. The third kappa shape index (κ3) is 3.76. The molecule has 1 atom stereocenters. The van der Waals surface area contributed by atoms with Gasteiger partial charge in [0.2, 0.25) is 0 Å². The molecule has 0 N–H and O–H groups in total. The van der Waals surface area contributed by atoms with Crippen LogP contribution in [0.1, 0.15) is 39.5 Å². The lowest BCUT2D eigenvalue weighted by molar-refractivity contribution is 0.0497. The quantitative estimate of drug-likeness (QED) is 0.610. The van der Waals surface area contributed by atoms with Gasteiger partial charge in [-0.3, -0.25) is 0 Å². The van der Waals surface area contributed by atoms with E-state index in [4.69, 9.17) is 4.74 Å². The fraction of sp³-hybridized carbons (Fsp3) is 1.00. The third-order valence-corrected chi connectivity index (χ3v) is 2.41. The van der Waals surface area contributed by atoms with Crippen molar-refractivity contribution < 1.29 is 4.74 Å². The second kappa shape index (κ2) is 4.76. The number of hydrogen-bond donors (Lipinski definition) is 0. The first-order chi connectivity index (χ1) is 5.29. The zero-order valence-corrected chi connectivity index (χ0v) is 7.81. The summed E-state index contributed by atoms with van der Waals surface area (Å²) >= 11 is 0. The largest absolute Gasteiger partial charge is 0.381 e. The molecule has 1 unspecified atom stereocenters. The van der Waals surface area contributed by atoms with Gasteiger partial charge in [-0.05, 0) is 31.1 Å². The predicted octanol–water partition coefficient (Wildman–Crippen LogP) is 2.85. The van der Waals surface area contributed by atoms with Crippen LogP contribution >= 0.6 is 0 Å². The van der Waals surface area contributed by atoms with Gasteiger partial charge in [0, 0.05) is 13.2 Å². The Labute approximate surface area is 70.1 Å². The monoisotopic (exact) mass is 156 g/mol. The fourth-order valence-corrected chi connectivity index (χ4v) is 1.60. The van der Waals surface area contributed by atoms with Crippen molar-refractivity contribution in [2.45, 2.75) is 39.5 Å². The van der Waals surface area contributed by atoms with Crippen molar-refractivity contribution in [2.75, 3.05) is 13.2 Å². The van der Waals surface area contributed by atoms with Gasteiger partial charge >= 0.3 is 0 Å². The summed E-state index contributed by atoms with van der Waals surface area (Å²) in [6, 6.07) is 0. The molecule has 11 heavy (non-hydrogen) atoms. The molecule has 1 heteroatoms. The normalized spacial score (nSPS) is 25.9. The molecule has 0 bridgehead atoms. The number of hydrogen-bond acceptors (Lipinski definition) is 1. The van der Waals surface area contributed by atoms with Crippen LogP contribution in [0.25, 0.3) is 0 Å². The van der Waals surface area contributed by atoms with E-state index in [0.29, 0.717) is 0 Å². The Balaban J connectivity index is 2.05. The first-order valence-corrected chi connectivity index (χ1v) is 4.87. The van der Waals surface area contributed by atoms with Crippen LogP contribution in [0.5, 0.6) is 0 Å². The minimum atomic E-state index is 0.858. The van der Waals surface area contributed by atoms with E-state index in [-0.39, 0.29) is 0 Å². The lowest BCUT2D eigenvalue weighted by Gasteiger charge is -2.22. The first-order valence-electron chi connectivity index (χ1n) is 4.87. The van der Waals surface area contributed by atoms with Gasteiger partial charge in [0.25, 0.3) is 0 Å². The summed E-state index contributed by atoms with van der Waals surface area (Å²) in [5, 5.41) is 0. The molecule has 0 aliphatic carbocycles. The summed E-state index contributed by atoms with van der Waals surface area (Å²) in [6.45, 7) is 6.61. The SMILES string of the molecule is CC(C)CCC1CCCOC1. The molecule has 1 nitrogen and oxygen atoms in total. The molecule has 0 radical (unpaired) electrons. The Morgan fingerprint density at radius 3 is 2.82 bits per heavy atom. The second-order valence-electron chi connectivity index (χ2n) is 4.05. The summed E-state index contributed by atoms with van der Waals surface area (Å²) in [5.41, 5.74) is 0. The molecule has 1 fully saturated rings. The molecule has 1 rings (SSSR count). The van der Waals surface area contributed by atoms with Crippen molar-refractivity contribution in [3.8, 4) is 0 Å². The minimum Gasteiger partial charge on any atom is -0.381 e. The average molecular weight is 156 g/mol. The van der Waals surface area contributed by atoms with Gasteiger partial charge in [-0.1, -0.05) is 20.3 Å². The molecule has 0 spiro atoms. The van der Waals surface area contributed by atoms with Gasteiger partial charge in [0.05, 0.1) is 0 Å². The average Bonchev–Trinajstić information content (AvgIpc) is 2.03. The second-order valence-corrected chi connectivity index (χ2v) is 4.05. The molecule has 1 saturated heterocycles. The van der Waals surface area contributed by atoms with Crippen LogP contribution in [-0.4, -0.2) is 13.2 Å². The van der Waals surface area contributed by atoms with E-state index in [1.54, 1.807) is 0 Å². The number of ether oxygens (including phenoxy) is 1. The zero-order valence-electron chi connectivity index (χ0n) is 7.81. The molecular formula is C10H20O. The van der Waals surface area contributed by atoms with Gasteiger partial charge < -0.3 is 4.74 Å². The highest BCUT2D eigenvalue weighted by Crippen LogP contribution is 2.20.